The molecule has 0 aliphatic heterocycles. The minimum atomic E-state index is -0.460. The molecule has 3 aromatic rings. The summed E-state index contributed by atoms with van der Waals surface area (Å²) < 4.78 is 1.81. The summed E-state index contributed by atoms with van der Waals surface area (Å²) in [5.41, 5.74) is 9.93. The molecule has 0 radical (unpaired) electrons. The molecule has 5 nitrogen and oxygen atoms in total. The van der Waals surface area contributed by atoms with Crippen LogP contribution in [0.15, 0.2) is 65.8 Å². The lowest BCUT2D eigenvalue weighted by molar-refractivity contribution is -0.116. The predicted octanol–water partition coefficient (Wildman–Crippen LogP) is 2.75. The van der Waals surface area contributed by atoms with Gasteiger partial charge in [0.1, 0.15) is 12.2 Å². The summed E-state index contributed by atoms with van der Waals surface area (Å²) in [6.45, 7) is 2.01. The third kappa shape index (κ3) is 3.57. The number of aryl methyl sites for hydroxylation is 1. The highest BCUT2D eigenvalue weighted by Crippen LogP contribution is 2.23. The summed E-state index contributed by atoms with van der Waals surface area (Å²) in [6, 6.07) is 18.0. The molecule has 5 heteroatoms. The first-order chi connectivity index (χ1) is 11.6. The number of para-hydroxylation sites is 1. The fourth-order valence-corrected chi connectivity index (χ4v) is 2.36. The maximum atomic E-state index is 10.9. The molecule has 0 aliphatic rings. The number of amides is 1. The van der Waals surface area contributed by atoms with Gasteiger partial charge >= 0.3 is 0 Å². The molecule has 0 saturated heterocycles. The molecule has 0 bridgehead atoms. The normalized spacial score (nSPS) is 11.0. The Labute approximate surface area is 140 Å². The van der Waals surface area contributed by atoms with E-state index in [9.17, 15) is 4.79 Å². The SMILES string of the molecule is Cc1ccc(-c2nn(-c3ccccc3)cc2C=NCC(N)=O)cc1. The Balaban J connectivity index is 2.04. The Morgan fingerprint density at radius 3 is 2.54 bits per heavy atom. The van der Waals surface area contributed by atoms with E-state index in [-0.39, 0.29) is 6.54 Å². The number of carbonyl (C=O) groups is 1. The second-order valence-corrected chi connectivity index (χ2v) is 5.52. The molecule has 1 aromatic heterocycles. The Morgan fingerprint density at radius 2 is 1.88 bits per heavy atom. The fraction of sp³-hybridized carbons (Fsp3) is 0.105. The van der Waals surface area contributed by atoms with Crippen LogP contribution in [0.4, 0.5) is 0 Å². The van der Waals surface area contributed by atoms with Crippen LogP contribution in [0.1, 0.15) is 11.1 Å². The van der Waals surface area contributed by atoms with E-state index in [2.05, 4.69) is 10.1 Å². The van der Waals surface area contributed by atoms with E-state index in [1.807, 2.05) is 67.7 Å². The van der Waals surface area contributed by atoms with Crippen LogP contribution in [0.3, 0.4) is 0 Å². The van der Waals surface area contributed by atoms with E-state index >= 15 is 0 Å². The van der Waals surface area contributed by atoms with Crippen molar-refractivity contribution in [2.45, 2.75) is 6.92 Å². The first-order valence-corrected chi connectivity index (χ1v) is 7.64. The van der Waals surface area contributed by atoms with Crippen LogP contribution in [0, 0.1) is 6.92 Å². The monoisotopic (exact) mass is 318 g/mol. The van der Waals surface area contributed by atoms with Crippen molar-refractivity contribution in [3.8, 4) is 16.9 Å². The van der Waals surface area contributed by atoms with E-state index in [1.165, 1.54) is 5.56 Å². The molecule has 0 unspecified atom stereocenters. The second-order valence-electron chi connectivity index (χ2n) is 5.52. The van der Waals surface area contributed by atoms with Crippen LogP contribution < -0.4 is 5.73 Å². The van der Waals surface area contributed by atoms with Gasteiger partial charge in [-0.15, -0.1) is 0 Å². The van der Waals surface area contributed by atoms with Gasteiger partial charge in [0.25, 0.3) is 0 Å². The van der Waals surface area contributed by atoms with E-state index in [4.69, 9.17) is 5.73 Å². The van der Waals surface area contributed by atoms with E-state index < -0.39 is 5.91 Å². The van der Waals surface area contributed by atoms with Crippen LogP contribution >= 0.6 is 0 Å². The van der Waals surface area contributed by atoms with Gasteiger partial charge in [-0.2, -0.15) is 5.10 Å². The summed E-state index contributed by atoms with van der Waals surface area (Å²) in [7, 11) is 0. The van der Waals surface area contributed by atoms with Crippen molar-refractivity contribution in [1.29, 1.82) is 0 Å². The Kier molecular flexibility index (Phi) is 4.52. The van der Waals surface area contributed by atoms with Crippen molar-refractivity contribution < 1.29 is 4.79 Å². The largest absolute Gasteiger partial charge is 0.368 e. The molecule has 1 heterocycles. The maximum absolute atomic E-state index is 10.9. The third-order valence-corrected chi connectivity index (χ3v) is 3.57. The number of rotatable bonds is 5. The molecule has 3 rings (SSSR count). The Hall–Kier alpha value is -3.21. The molecule has 24 heavy (non-hydrogen) atoms. The highest BCUT2D eigenvalue weighted by molar-refractivity contribution is 5.90. The van der Waals surface area contributed by atoms with Gasteiger partial charge in [0.05, 0.1) is 5.69 Å². The van der Waals surface area contributed by atoms with Crippen molar-refractivity contribution in [3.63, 3.8) is 0 Å². The zero-order valence-electron chi connectivity index (χ0n) is 13.4. The first-order valence-electron chi connectivity index (χ1n) is 7.64. The number of aromatic nitrogens is 2. The van der Waals surface area contributed by atoms with Gasteiger partial charge in [-0.1, -0.05) is 48.0 Å². The fourth-order valence-electron chi connectivity index (χ4n) is 2.36. The third-order valence-electron chi connectivity index (χ3n) is 3.57. The quantitative estimate of drug-likeness (QED) is 0.735. The molecule has 1 amide bonds. The predicted molar refractivity (Wildman–Crippen MR) is 95.4 cm³/mol. The van der Waals surface area contributed by atoms with Crippen LogP contribution in [-0.4, -0.2) is 28.4 Å². The Morgan fingerprint density at radius 1 is 1.17 bits per heavy atom. The lowest BCUT2D eigenvalue weighted by atomic mass is 10.1. The number of aliphatic imine (C=N–C) groups is 1. The topological polar surface area (TPSA) is 73.3 Å². The van der Waals surface area contributed by atoms with Crippen molar-refractivity contribution >= 4 is 12.1 Å². The van der Waals surface area contributed by atoms with Crippen molar-refractivity contribution in [3.05, 3.63) is 71.9 Å². The van der Waals surface area contributed by atoms with E-state index in [1.54, 1.807) is 10.9 Å². The average molecular weight is 318 g/mol. The summed E-state index contributed by atoms with van der Waals surface area (Å²) in [4.78, 5) is 15.0. The molecular weight excluding hydrogens is 300 g/mol. The van der Waals surface area contributed by atoms with Crippen molar-refractivity contribution in [2.24, 2.45) is 10.7 Å². The molecule has 0 fully saturated rings. The van der Waals surface area contributed by atoms with Gasteiger partial charge in [0, 0.05) is 23.5 Å². The summed E-state index contributed by atoms with van der Waals surface area (Å²) >= 11 is 0. The minimum absolute atomic E-state index is 0.0378. The number of nitrogens with two attached hydrogens (primary N) is 1. The molecule has 2 N–H and O–H groups in total. The standard InChI is InChI=1S/C19H18N4O/c1-14-7-9-15(10-8-14)19-16(11-21-12-18(20)24)13-23(22-19)17-5-3-2-4-6-17/h2-11,13H,12H2,1H3,(H2,20,24). The number of primary amides is 1. The summed E-state index contributed by atoms with van der Waals surface area (Å²) in [5, 5.41) is 4.69. The molecular formula is C19H18N4O. The van der Waals surface area contributed by atoms with Gasteiger partial charge < -0.3 is 5.73 Å². The van der Waals surface area contributed by atoms with Crippen LogP contribution in [0.2, 0.25) is 0 Å². The zero-order valence-corrected chi connectivity index (χ0v) is 13.4. The van der Waals surface area contributed by atoms with Crippen LogP contribution in [0.25, 0.3) is 16.9 Å². The number of hydrogen-bond acceptors (Lipinski definition) is 3. The van der Waals surface area contributed by atoms with Gasteiger partial charge in [-0.3, -0.25) is 9.79 Å². The highest BCUT2D eigenvalue weighted by atomic mass is 16.1. The lowest BCUT2D eigenvalue weighted by Crippen LogP contribution is -2.14. The summed E-state index contributed by atoms with van der Waals surface area (Å²) in [5.74, 6) is -0.460. The van der Waals surface area contributed by atoms with Gasteiger partial charge in [-0.05, 0) is 19.1 Å². The zero-order chi connectivity index (χ0) is 16.9. The molecule has 0 aliphatic carbocycles. The van der Waals surface area contributed by atoms with E-state index in [0.717, 1.165) is 22.5 Å². The first kappa shape index (κ1) is 15.7. The minimum Gasteiger partial charge on any atom is -0.368 e. The number of benzene rings is 2. The average Bonchev–Trinajstić information content (AvgIpc) is 3.00. The van der Waals surface area contributed by atoms with Crippen LogP contribution in [0.5, 0.6) is 0 Å². The number of nitrogens with zero attached hydrogens (tertiary/aromatic N) is 3. The smallest absolute Gasteiger partial charge is 0.239 e. The molecule has 120 valence electrons. The van der Waals surface area contributed by atoms with Gasteiger partial charge in [0.15, 0.2) is 0 Å². The van der Waals surface area contributed by atoms with Gasteiger partial charge in [-0.25, -0.2) is 4.68 Å². The Bertz CT molecular complexity index is 864. The molecule has 0 atom stereocenters. The summed E-state index contributed by atoms with van der Waals surface area (Å²) in [6.07, 6.45) is 3.54. The maximum Gasteiger partial charge on any atom is 0.239 e. The van der Waals surface area contributed by atoms with Crippen LogP contribution in [-0.2, 0) is 4.79 Å². The number of hydrogen-bond donors (Lipinski definition) is 1. The highest BCUT2D eigenvalue weighted by Gasteiger charge is 2.11. The van der Waals surface area contributed by atoms with E-state index in [0.29, 0.717) is 0 Å². The van der Waals surface area contributed by atoms with Crippen molar-refractivity contribution in [1.82, 2.24) is 9.78 Å². The van der Waals surface area contributed by atoms with Crippen molar-refractivity contribution in [2.75, 3.05) is 6.54 Å². The molecule has 0 saturated carbocycles. The lowest BCUT2D eigenvalue weighted by Gasteiger charge is -2.01. The second kappa shape index (κ2) is 6.91. The molecule has 0 spiro atoms. The van der Waals surface area contributed by atoms with Gasteiger partial charge in [0.2, 0.25) is 5.91 Å². The molecule has 2 aromatic carbocycles. The number of carbonyl (C=O) groups excluding carboxylic acids is 1.